The fraction of sp³-hybridized carbons (Fsp3) is 0.118. The fourth-order valence-electron chi connectivity index (χ4n) is 1.90. The third-order valence-electron chi connectivity index (χ3n) is 3.03. The van der Waals surface area contributed by atoms with E-state index in [0.717, 1.165) is 11.3 Å². The first-order valence-corrected chi connectivity index (χ1v) is 6.37. The van der Waals surface area contributed by atoms with Gasteiger partial charge in [0.2, 0.25) is 0 Å². The number of carbonyl (C=O) groups is 1. The number of methoxy groups -OCH3 is 1. The van der Waals surface area contributed by atoms with Crippen LogP contribution in [0.15, 0.2) is 67.3 Å². The minimum atomic E-state index is -0.228. The van der Waals surface area contributed by atoms with Crippen molar-refractivity contribution >= 4 is 5.91 Å². The van der Waals surface area contributed by atoms with Gasteiger partial charge < -0.3 is 10.1 Å². The van der Waals surface area contributed by atoms with Crippen molar-refractivity contribution in [1.29, 1.82) is 0 Å². The molecule has 0 aliphatic heterocycles. The quantitative estimate of drug-likeness (QED) is 0.844. The summed E-state index contributed by atoms with van der Waals surface area (Å²) in [5.41, 5.74) is 1.60. The molecule has 0 fully saturated rings. The van der Waals surface area contributed by atoms with Crippen LogP contribution in [0.2, 0.25) is 0 Å². The van der Waals surface area contributed by atoms with Crippen LogP contribution < -0.4 is 10.1 Å². The number of hydrogen-bond donors (Lipinski definition) is 1. The van der Waals surface area contributed by atoms with Gasteiger partial charge in [0.05, 0.1) is 13.2 Å². The standard InChI is InChI=1S/C17H17NO2/c1-3-16(13-9-11-15(20-2)12-10-13)18-17(19)14-7-5-4-6-8-14/h3-12,16H,1H2,2H3,(H,18,19)/t16-/m1/s1. The molecule has 1 amide bonds. The van der Waals surface area contributed by atoms with Crippen LogP contribution in [0.1, 0.15) is 22.0 Å². The minimum Gasteiger partial charge on any atom is -0.497 e. The summed E-state index contributed by atoms with van der Waals surface area (Å²) in [4.78, 5) is 12.1. The van der Waals surface area contributed by atoms with Crippen molar-refractivity contribution in [3.05, 3.63) is 78.4 Å². The molecule has 2 aromatic rings. The summed E-state index contributed by atoms with van der Waals surface area (Å²) >= 11 is 0. The maximum absolute atomic E-state index is 12.1. The van der Waals surface area contributed by atoms with Crippen LogP contribution in [0.3, 0.4) is 0 Å². The lowest BCUT2D eigenvalue weighted by atomic mass is 10.1. The zero-order valence-corrected chi connectivity index (χ0v) is 11.4. The van der Waals surface area contributed by atoms with Gasteiger partial charge in [0.15, 0.2) is 0 Å². The number of benzene rings is 2. The van der Waals surface area contributed by atoms with Gasteiger partial charge >= 0.3 is 0 Å². The monoisotopic (exact) mass is 267 g/mol. The van der Waals surface area contributed by atoms with Gasteiger partial charge in [-0.1, -0.05) is 36.4 Å². The maximum atomic E-state index is 12.1. The number of carbonyl (C=O) groups excluding carboxylic acids is 1. The number of hydrogen-bond acceptors (Lipinski definition) is 2. The third-order valence-corrected chi connectivity index (χ3v) is 3.03. The first-order chi connectivity index (χ1) is 9.74. The molecule has 20 heavy (non-hydrogen) atoms. The van der Waals surface area contributed by atoms with Crippen molar-refractivity contribution in [2.24, 2.45) is 0 Å². The van der Waals surface area contributed by atoms with Crippen molar-refractivity contribution in [2.75, 3.05) is 7.11 Å². The predicted octanol–water partition coefficient (Wildman–Crippen LogP) is 3.35. The summed E-state index contributed by atoms with van der Waals surface area (Å²) in [5.74, 6) is 0.664. The molecule has 3 nitrogen and oxygen atoms in total. The first kappa shape index (κ1) is 13.9. The zero-order chi connectivity index (χ0) is 14.4. The summed E-state index contributed by atoms with van der Waals surface area (Å²) in [6, 6.07) is 16.4. The summed E-state index contributed by atoms with van der Waals surface area (Å²) in [6.45, 7) is 3.78. The van der Waals surface area contributed by atoms with Gasteiger partial charge in [-0.2, -0.15) is 0 Å². The topological polar surface area (TPSA) is 38.3 Å². The lowest BCUT2D eigenvalue weighted by molar-refractivity contribution is 0.0944. The van der Waals surface area contributed by atoms with Crippen molar-refractivity contribution in [2.45, 2.75) is 6.04 Å². The Kier molecular flexibility index (Phi) is 4.56. The van der Waals surface area contributed by atoms with E-state index in [1.165, 1.54) is 0 Å². The molecule has 0 radical (unpaired) electrons. The van der Waals surface area contributed by atoms with Crippen LogP contribution in [0.25, 0.3) is 0 Å². The average Bonchev–Trinajstić information content (AvgIpc) is 2.53. The molecule has 102 valence electrons. The Morgan fingerprint density at radius 2 is 1.80 bits per heavy atom. The molecular weight excluding hydrogens is 250 g/mol. The lowest BCUT2D eigenvalue weighted by Gasteiger charge is -2.15. The largest absolute Gasteiger partial charge is 0.497 e. The molecule has 0 saturated heterocycles. The van der Waals surface area contributed by atoms with Crippen molar-refractivity contribution in [1.82, 2.24) is 5.32 Å². The van der Waals surface area contributed by atoms with Crippen LogP contribution in [-0.2, 0) is 0 Å². The van der Waals surface area contributed by atoms with E-state index in [2.05, 4.69) is 11.9 Å². The third kappa shape index (κ3) is 3.26. The van der Waals surface area contributed by atoms with Crippen molar-refractivity contribution in [3.8, 4) is 5.75 Å². The molecule has 1 atom stereocenters. The van der Waals surface area contributed by atoms with E-state index in [-0.39, 0.29) is 11.9 Å². The fourth-order valence-corrected chi connectivity index (χ4v) is 1.90. The van der Waals surface area contributed by atoms with E-state index in [4.69, 9.17) is 4.74 Å². The first-order valence-electron chi connectivity index (χ1n) is 6.37. The van der Waals surface area contributed by atoms with Gasteiger partial charge in [-0.05, 0) is 29.8 Å². The second kappa shape index (κ2) is 6.57. The predicted molar refractivity (Wildman–Crippen MR) is 79.8 cm³/mol. The van der Waals surface area contributed by atoms with Gasteiger partial charge in [-0.25, -0.2) is 0 Å². The Balaban J connectivity index is 2.12. The van der Waals surface area contributed by atoms with Gasteiger partial charge in [-0.3, -0.25) is 4.79 Å². The van der Waals surface area contributed by atoms with E-state index >= 15 is 0 Å². The molecule has 0 bridgehead atoms. The Morgan fingerprint density at radius 1 is 1.15 bits per heavy atom. The number of ether oxygens (including phenoxy) is 1. The Hall–Kier alpha value is -2.55. The Labute approximate surface area is 118 Å². The van der Waals surface area contributed by atoms with E-state index in [9.17, 15) is 4.79 Å². The second-order valence-electron chi connectivity index (χ2n) is 4.33. The molecule has 0 aromatic heterocycles. The van der Waals surface area contributed by atoms with Gasteiger partial charge in [0.1, 0.15) is 5.75 Å². The number of nitrogens with one attached hydrogen (secondary N) is 1. The molecule has 2 aromatic carbocycles. The molecule has 0 aliphatic rings. The SMILES string of the molecule is C=C[C@@H](NC(=O)c1ccccc1)c1ccc(OC)cc1. The highest BCUT2D eigenvalue weighted by Gasteiger charge is 2.12. The Bertz CT molecular complexity index is 576. The van der Waals surface area contributed by atoms with Crippen LogP contribution in [-0.4, -0.2) is 13.0 Å². The maximum Gasteiger partial charge on any atom is 0.252 e. The summed E-state index contributed by atoms with van der Waals surface area (Å²) < 4.78 is 5.12. The smallest absolute Gasteiger partial charge is 0.252 e. The lowest BCUT2D eigenvalue weighted by Crippen LogP contribution is -2.27. The molecule has 1 N–H and O–H groups in total. The van der Waals surface area contributed by atoms with Crippen LogP contribution in [0.5, 0.6) is 5.75 Å². The van der Waals surface area contributed by atoms with Crippen molar-refractivity contribution in [3.63, 3.8) is 0 Å². The molecule has 0 aliphatic carbocycles. The molecule has 0 saturated carbocycles. The Morgan fingerprint density at radius 3 is 2.35 bits per heavy atom. The minimum absolute atomic E-state index is 0.119. The number of amides is 1. The molecular formula is C17H17NO2. The average molecular weight is 267 g/mol. The van der Waals surface area contributed by atoms with E-state index in [1.807, 2.05) is 42.5 Å². The zero-order valence-electron chi connectivity index (χ0n) is 11.4. The molecule has 0 unspecified atom stereocenters. The molecule has 0 heterocycles. The van der Waals surface area contributed by atoms with Crippen LogP contribution >= 0.6 is 0 Å². The highest BCUT2D eigenvalue weighted by atomic mass is 16.5. The normalized spacial score (nSPS) is 11.4. The highest BCUT2D eigenvalue weighted by Crippen LogP contribution is 2.18. The van der Waals surface area contributed by atoms with E-state index in [0.29, 0.717) is 5.56 Å². The molecule has 3 heteroatoms. The van der Waals surface area contributed by atoms with Crippen molar-refractivity contribution < 1.29 is 9.53 Å². The van der Waals surface area contributed by atoms with Crippen LogP contribution in [0, 0.1) is 0 Å². The van der Waals surface area contributed by atoms with Gasteiger partial charge in [0.25, 0.3) is 5.91 Å². The summed E-state index contributed by atoms with van der Waals surface area (Å²) in [7, 11) is 1.62. The van der Waals surface area contributed by atoms with Gasteiger partial charge in [-0.15, -0.1) is 6.58 Å². The van der Waals surface area contributed by atoms with Gasteiger partial charge in [0, 0.05) is 5.56 Å². The van der Waals surface area contributed by atoms with Crippen LogP contribution in [0.4, 0.5) is 0 Å². The highest BCUT2D eigenvalue weighted by molar-refractivity contribution is 5.94. The van der Waals surface area contributed by atoms with E-state index in [1.54, 1.807) is 25.3 Å². The molecule has 2 rings (SSSR count). The number of rotatable bonds is 5. The molecule has 0 spiro atoms. The van der Waals surface area contributed by atoms with E-state index < -0.39 is 0 Å². The second-order valence-corrected chi connectivity index (χ2v) is 4.33. The summed E-state index contributed by atoms with van der Waals surface area (Å²) in [6.07, 6.45) is 1.71. The summed E-state index contributed by atoms with van der Waals surface area (Å²) in [5, 5.41) is 2.94.